The normalized spacial score (nSPS) is 19.8. The molecule has 1 rings (SSSR count). The third-order valence-corrected chi connectivity index (χ3v) is 3.48. The Morgan fingerprint density at radius 3 is 2.78 bits per heavy atom. The van der Waals surface area contributed by atoms with E-state index in [1.54, 1.807) is 7.05 Å². The van der Waals surface area contributed by atoms with Gasteiger partial charge in [0, 0.05) is 19.6 Å². The Morgan fingerprint density at radius 1 is 1.44 bits per heavy atom. The van der Waals surface area contributed by atoms with Gasteiger partial charge >= 0.3 is 0 Å². The van der Waals surface area contributed by atoms with Gasteiger partial charge in [0.1, 0.15) is 0 Å². The van der Waals surface area contributed by atoms with Crippen molar-refractivity contribution in [3.8, 4) is 0 Å². The second-order valence-electron chi connectivity index (χ2n) is 4.68. The molecule has 0 aromatic heterocycles. The molecule has 1 heterocycles. The summed E-state index contributed by atoms with van der Waals surface area (Å²) in [6.07, 6.45) is 1.19. The van der Waals surface area contributed by atoms with Crippen LogP contribution >= 0.6 is 0 Å². The van der Waals surface area contributed by atoms with Gasteiger partial charge < -0.3 is 19.9 Å². The highest BCUT2D eigenvalue weighted by Gasteiger charge is 2.26. The number of rotatable bonds is 8. The number of nitrogens with zero attached hydrogens (tertiary/aromatic N) is 2. The van der Waals surface area contributed by atoms with Gasteiger partial charge in [0.05, 0.1) is 19.3 Å². The molecule has 18 heavy (non-hydrogen) atoms. The molecule has 0 saturated carbocycles. The lowest BCUT2D eigenvalue weighted by Gasteiger charge is -2.20. The van der Waals surface area contributed by atoms with Crippen LogP contribution in [0.4, 0.5) is 0 Å². The summed E-state index contributed by atoms with van der Waals surface area (Å²) < 4.78 is 5.84. The highest BCUT2D eigenvalue weighted by molar-refractivity contribution is 5.78. The number of carbonyl (C=O) groups excluding carboxylic acids is 1. The van der Waals surface area contributed by atoms with E-state index in [9.17, 15) is 4.79 Å². The van der Waals surface area contributed by atoms with Crippen molar-refractivity contribution in [3.63, 3.8) is 0 Å². The second kappa shape index (κ2) is 8.45. The molecular formula is C13H27N3O2. The van der Waals surface area contributed by atoms with Crippen LogP contribution in [0.5, 0.6) is 0 Å². The lowest BCUT2D eigenvalue weighted by molar-refractivity contribution is -0.129. The van der Waals surface area contributed by atoms with Crippen LogP contribution in [0.25, 0.3) is 0 Å². The Labute approximate surface area is 110 Å². The van der Waals surface area contributed by atoms with Crippen molar-refractivity contribution in [2.75, 3.05) is 52.9 Å². The number of carbonyl (C=O) groups is 1. The number of likely N-dealkylation sites (N-methyl/N-ethyl adjacent to an activating group) is 2. The smallest absolute Gasteiger partial charge is 0.236 e. The van der Waals surface area contributed by atoms with E-state index in [1.807, 2.05) is 4.90 Å². The lowest BCUT2D eigenvalue weighted by Crippen LogP contribution is -2.36. The molecule has 1 N–H and O–H groups in total. The van der Waals surface area contributed by atoms with E-state index < -0.39 is 0 Å². The van der Waals surface area contributed by atoms with Gasteiger partial charge in [0.2, 0.25) is 5.91 Å². The molecule has 1 aliphatic rings. The first kappa shape index (κ1) is 15.4. The molecule has 1 aliphatic heterocycles. The van der Waals surface area contributed by atoms with Crippen LogP contribution in [-0.4, -0.2) is 74.7 Å². The third kappa shape index (κ3) is 4.92. The molecule has 0 bridgehead atoms. The Bertz CT molecular complexity index is 244. The fourth-order valence-corrected chi connectivity index (χ4v) is 2.24. The molecule has 0 aromatic carbocycles. The van der Waals surface area contributed by atoms with Gasteiger partial charge in [-0.05, 0) is 26.6 Å². The van der Waals surface area contributed by atoms with Crippen molar-refractivity contribution >= 4 is 5.91 Å². The van der Waals surface area contributed by atoms with Crippen LogP contribution in [-0.2, 0) is 9.53 Å². The van der Waals surface area contributed by atoms with Gasteiger partial charge in [-0.1, -0.05) is 13.8 Å². The molecule has 0 radical (unpaired) electrons. The highest BCUT2D eigenvalue weighted by Crippen LogP contribution is 2.12. The monoisotopic (exact) mass is 257 g/mol. The summed E-state index contributed by atoms with van der Waals surface area (Å²) in [5, 5.41) is 2.89. The van der Waals surface area contributed by atoms with E-state index in [-0.39, 0.29) is 12.0 Å². The van der Waals surface area contributed by atoms with Crippen LogP contribution in [0.3, 0.4) is 0 Å². The molecule has 106 valence electrons. The Kier molecular flexibility index (Phi) is 7.23. The van der Waals surface area contributed by atoms with Crippen molar-refractivity contribution in [1.82, 2.24) is 15.1 Å². The molecule has 1 saturated heterocycles. The van der Waals surface area contributed by atoms with E-state index in [0.717, 1.165) is 45.8 Å². The maximum atomic E-state index is 11.7. The van der Waals surface area contributed by atoms with Crippen LogP contribution in [0.15, 0.2) is 0 Å². The molecule has 1 atom stereocenters. The summed E-state index contributed by atoms with van der Waals surface area (Å²) in [7, 11) is 1.80. The van der Waals surface area contributed by atoms with Crippen molar-refractivity contribution in [2.24, 2.45) is 0 Å². The number of hydrogen-bond donors (Lipinski definition) is 1. The summed E-state index contributed by atoms with van der Waals surface area (Å²) in [6.45, 7) is 10.2. The minimum Gasteiger partial charge on any atom is -0.375 e. The standard InChI is InChI=1S/C13H27N3O2/c1-4-15(5-2)8-9-18-12-6-7-16(11-12)13(17)10-14-3/h12,14H,4-11H2,1-3H3. The summed E-state index contributed by atoms with van der Waals surface area (Å²) >= 11 is 0. The van der Waals surface area contributed by atoms with E-state index >= 15 is 0 Å². The quantitative estimate of drug-likeness (QED) is 0.673. The first-order valence-electron chi connectivity index (χ1n) is 6.97. The first-order chi connectivity index (χ1) is 8.71. The molecule has 0 aromatic rings. The van der Waals surface area contributed by atoms with Gasteiger partial charge in [-0.3, -0.25) is 4.79 Å². The summed E-state index contributed by atoms with van der Waals surface area (Å²) in [6, 6.07) is 0. The number of hydrogen-bond acceptors (Lipinski definition) is 4. The fourth-order valence-electron chi connectivity index (χ4n) is 2.24. The number of ether oxygens (including phenoxy) is 1. The average molecular weight is 257 g/mol. The second-order valence-corrected chi connectivity index (χ2v) is 4.68. The van der Waals surface area contributed by atoms with Crippen molar-refractivity contribution < 1.29 is 9.53 Å². The molecule has 5 nitrogen and oxygen atoms in total. The van der Waals surface area contributed by atoms with Crippen LogP contribution in [0.1, 0.15) is 20.3 Å². The van der Waals surface area contributed by atoms with E-state index in [1.165, 1.54) is 0 Å². The maximum Gasteiger partial charge on any atom is 0.236 e. The van der Waals surface area contributed by atoms with Gasteiger partial charge in [-0.15, -0.1) is 0 Å². The molecule has 1 amide bonds. The first-order valence-corrected chi connectivity index (χ1v) is 6.97. The van der Waals surface area contributed by atoms with Gasteiger partial charge in [-0.2, -0.15) is 0 Å². The van der Waals surface area contributed by atoms with Crippen LogP contribution in [0, 0.1) is 0 Å². The largest absolute Gasteiger partial charge is 0.375 e. The van der Waals surface area contributed by atoms with Gasteiger partial charge in [-0.25, -0.2) is 0 Å². The van der Waals surface area contributed by atoms with Crippen LogP contribution < -0.4 is 5.32 Å². The molecule has 5 heteroatoms. The third-order valence-electron chi connectivity index (χ3n) is 3.48. The maximum absolute atomic E-state index is 11.7. The van der Waals surface area contributed by atoms with E-state index in [0.29, 0.717) is 6.54 Å². The van der Waals surface area contributed by atoms with E-state index in [4.69, 9.17) is 4.74 Å². The van der Waals surface area contributed by atoms with Gasteiger partial charge in [0.15, 0.2) is 0 Å². The van der Waals surface area contributed by atoms with Crippen molar-refractivity contribution in [1.29, 1.82) is 0 Å². The predicted molar refractivity (Wildman–Crippen MR) is 72.7 cm³/mol. The minimum absolute atomic E-state index is 0.173. The SMILES string of the molecule is CCN(CC)CCOC1CCN(C(=O)CNC)C1. The molecule has 0 spiro atoms. The zero-order valence-corrected chi connectivity index (χ0v) is 11.9. The number of nitrogens with one attached hydrogen (secondary N) is 1. The summed E-state index contributed by atoms with van der Waals surface area (Å²) in [5.41, 5.74) is 0. The fraction of sp³-hybridized carbons (Fsp3) is 0.923. The highest BCUT2D eigenvalue weighted by atomic mass is 16.5. The van der Waals surface area contributed by atoms with Crippen molar-refractivity contribution in [2.45, 2.75) is 26.4 Å². The number of amides is 1. The predicted octanol–water partition coefficient (Wildman–Crippen LogP) is 0.165. The number of likely N-dealkylation sites (tertiary alicyclic amines) is 1. The Balaban J connectivity index is 2.16. The minimum atomic E-state index is 0.173. The zero-order valence-electron chi connectivity index (χ0n) is 11.9. The molecule has 1 unspecified atom stereocenters. The molecule has 0 aliphatic carbocycles. The van der Waals surface area contributed by atoms with Gasteiger partial charge in [0.25, 0.3) is 0 Å². The van der Waals surface area contributed by atoms with Crippen LogP contribution in [0.2, 0.25) is 0 Å². The lowest BCUT2D eigenvalue weighted by atomic mass is 10.3. The Hall–Kier alpha value is -0.650. The Morgan fingerprint density at radius 2 is 2.17 bits per heavy atom. The average Bonchev–Trinajstić information content (AvgIpc) is 2.84. The zero-order chi connectivity index (χ0) is 13.4. The molecular weight excluding hydrogens is 230 g/mol. The van der Waals surface area contributed by atoms with Crippen molar-refractivity contribution in [3.05, 3.63) is 0 Å². The summed E-state index contributed by atoms with van der Waals surface area (Å²) in [5.74, 6) is 0.173. The van der Waals surface area contributed by atoms with E-state index in [2.05, 4.69) is 24.1 Å². The summed E-state index contributed by atoms with van der Waals surface area (Å²) in [4.78, 5) is 15.9. The molecule has 1 fully saturated rings. The topological polar surface area (TPSA) is 44.8 Å².